The minimum atomic E-state index is -0.922. The maximum atomic E-state index is 10.3. The van der Waals surface area contributed by atoms with E-state index in [4.69, 9.17) is 0 Å². The van der Waals surface area contributed by atoms with Crippen LogP contribution in [0.5, 0.6) is 0 Å². The molecule has 1 unspecified atom stereocenters. The molecule has 0 saturated carbocycles. The molecule has 1 atom stereocenters. The molecule has 4 heteroatoms. The molecule has 0 N–H and O–H groups in total. The second-order valence-corrected chi connectivity index (χ2v) is 4.85. The van der Waals surface area contributed by atoms with Gasteiger partial charge >= 0.3 is 51.4 Å². The Hall–Kier alpha value is 1.84. The van der Waals surface area contributed by atoms with Gasteiger partial charge in [-0.05, 0) is 6.42 Å². The average molecular weight is 336 g/mol. The monoisotopic (exact) mass is 336 g/mol. The Balaban J connectivity index is 0. The van der Waals surface area contributed by atoms with E-state index in [1.807, 2.05) is 22.6 Å². The summed E-state index contributed by atoms with van der Waals surface area (Å²) in [5.74, 6) is -0.922. The summed E-state index contributed by atoms with van der Waals surface area (Å²) >= 11 is 1.94. The van der Waals surface area contributed by atoms with Gasteiger partial charge in [0.1, 0.15) is 0 Å². The van der Waals surface area contributed by atoms with Crippen LogP contribution >= 0.6 is 22.6 Å². The van der Waals surface area contributed by atoms with Crippen LogP contribution in [0.2, 0.25) is 0 Å². The van der Waals surface area contributed by atoms with Crippen LogP contribution in [0.3, 0.4) is 0 Å². The molecule has 14 heavy (non-hydrogen) atoms. The fourth-order valence-electron chi connectivity index (χ4n) is 1.22. The molecule has 0 aliphatic heterocycles. The molecule has 2 nitrogen and oxygen atoms in total. The van der Waals surface area contributed by atoms with Crippen molar-refractivity contribution < 1.29 is 61.3 Å². The first-order valence-electron chi connectivity index (χ1n) is 5.03. The van der Waals surface area contributed by atoms with E-state index in [0.717, 1.165) is 19.3 Å². The third kappa shape index (κ3) is 11.9. The van der Waals surface area contributed by atoms with Crippen molar-refractivity contribution in [2.45, 2.75) is 55.8 Å². The van der Waals surface area contributed by atoms with Crippen molar-refractivity contribution in [2.75, 3.05) is 0 Å². The van der Waals surface area contributed by atoms with Gasteiger partial charge in [0.25, 0.3) is 0 Å². The van der Waals surface area contributed by atoms with E-state index in [-0.39, 0.29) is 55.3 Å². The molecular weight excluding hydrogens is 318 g/mol. The molecule has 0 aromatic heterocycles. The number of carbonyl (C=O) groups excluding carboxylic acids is 1. The van der Waals surface area contributed by atoms with Crippen LogP contribution in [-0.4, -0.2) is 9.89 Å². The first kappa shape index (κ1) is 18.2. The summed E-state index contributed by atoms with van der Waals surface area (Å²) in [4.78, 5) is 10.3. The van der Waals surface area contributed by atoms with Gasteiger partial charge in [-0.2, -0.15) is 0 Å². The van der Waals surface area contributed by atoms with E-state index in [1.165, 1.54) is 25.7 Å². The van der Waals surface area contributed by atoms with Gasteiger partial charge in [-0.1, -0.05) is 68.0 Å². The summed E-state index contributed by atoms with van der Waals surface area (Å²) < 4.78 is -0.302. The summed E-state index contributed by atoms with van der Waals surface area (Å²) in [7, 11) is 0. The number of aliphatic carboxylic acids is 1. The number of halogens is 1. The molecule has 0 bridgehead atoms. The van der Waals surface area contributed by atoms with Crippen LogP contribution in [0.1, 0.15) is 51.9 Å². The largest absolute Gasteiger partial charge is 1.00 e. The zero-order valence-corrected chi connectivity index (χ0v) is 14.5. The van der Waals surface area contributed by atoms with Crippen molar-refractivity contribution in [2.24, 2.45) is 0 Å². The normalized spacial score (nSPS) is 11.9. The van der Waals surface area contributed by atoms with Crippen molar-refractivity contribution >= 4 is 28.6 Å². The van der Waals surface area contributed by atoms with Crippen LogP contribution in [0.15, 0.2) is 0 Å². The SMILES string of the molecule is CCCCCCCCC(I)C(=O)[O-].[K+]. The van der Waals surface area contributed by atoms with E-state index < -0.39 is 5.97 Å². The number of carboxylic acids is 1. The van der Waals surface area contributed by atoms with E-state index in [0.29, 0.717) is 0 Å². The fourth-order valence-corrected chi connectivity index (χ4v) is 1.66. The quantitative estimate of drug-likeness (QED) is 0.254. The van der Waals surface area contributed by atoms with Gasteiger partial charge in [0.2, 0.25) is 0 Å². The standard InChI is InChI=1S/C10H19IO2.K/c1-2-3-4-5-6-7-8-9(11)10(12)13;/h9H,2-8H2,1H3,(H,12,13);/q;+1/p-1. The van der Waals surface area contributed by atoms with Gasteiger partial charge in [-0.15, -0.1) is 0 Å². The average Bonchev–Trinajstić information content (AvgIpc) is 2.10. The molecule has 0 radical (unpaired) electrons. The first-order chi connectivity index (χ1) is 6.18. The van der Waals surface area contributed by atoms with E-state index in [2.05, 4.69) is 6.92 Å². The number of carboxylic acid groups (broad SMARTS) is 1. The second-order valence-electron chi connectivity index (χ2n) is 3.34. The van der Waals surface area contributed by atoms with Gasteiger partial charge in [-0.3, -0.25) is 0 Å². The minimum absolute atomic E-state index is 0. The van der Waals surface area contributed by atoms with E-state index in [1.54, 1.807) is 0 Å². The number of alkyl halides is 1. The maximum absolute atomic E-state index is 10.3. The Bertz CT molecular complexity index is 142. The zero-order chi connectivity index (χ0) is 10.1. The van der Waals surface area contributed by atoms with Gasteiger partial charge in [-0.25, -0.2) is 0 Å². The Kier molecular flexibility index (Phi) is 16.8. The molecule has 78 valence electrons. The Morgan fingerprint density at radius 3 is 2.21 bits per heavy atom. The molecule has 0 spiro atoms. The third-order valence-electron chi connectivity index (χ3n) is 2.07. The molecule has 0 amide bonds. The number of hydrogen-bond donors (Lipinski definition) is 0. The van der Waals surface area contributed by atoms with Gasteiger partial charge in [0.15, 0.2) is 0 Å². The number of carbonyl (C=O) groups is 1. The molecule has 0 aromatic carbocycles. The van der Waals surface area contributed by atoms with Crippen LogP contribution in [0, 0.1) is 0 Å². The Labute approximate surface area is 143 Å². The first-order valence-corrected chi connectivity index (χ1v) is 6.28. The van der Waals surface area contributed by atoms with Gasteiger partial charge in [0.05, 0.1) is 9.89 Å². The van der Waals surface area contributed by atoms with Gasteiger partial charge in [0, 0.05) is 0 Å². The van der Waals surface area contributed by atoms with Crippen molar-refractivity contribution in [1.29, 1.82) is 0 Å². The zero-order valence-electron chi connectivity index (χ0n) is 9.22. The van der Waals surface area contributed by atoms with Crippen LogP contribution in [0.4, 0.5) is 0 Å². The van der Waals surface area contributed by atoms with Gasteiger partial charge < -0.3 is 9.90 Å². The minimum Gasteiger partial charge on any atom is -0.549 e. The summed E-state index contributed by atoms with van der Waals surface area (Å²) in [5.41, 5.74) is 0. The van der Waals surface area contributed by atoms with Crippen molar-refractivity contribution in [1.82, 2.24) is 0 Å². The van der Waals surface area contributed by atoms with Crippen molar-refractivity contribution in [3.63, 3.8) is 0 Å². The number of hydrogen-bond acceptors (Lipinski definition) is 2. The van der Waals surface area contributed by atoms with Crippen LogP contribution in [-0.2, 0) is 4.79 Å². The molecular formula is C10H18IKO2. The smallest absolute Gasteiger partial charge is 0.549 e. The summed E-state index contributed by atoms with van der Waals surface area (Å²) in [6.45, 7) is 2.19. The van der Waals surface area contributed by atoms with Crippen LogP contribution in [0.25, 0.3) is 0 Å². The Morgan fingerprint density at radius 1 is 1.21 bits per heavy atom. The van der Waals surface area contributed by atoms with Crippen molar-refractivity contribution in [3.8, 4) is 0 Å². The predicted octanol–water partition coefficient (Wildman–Crippen LogP) is -0.705. The summed E-state index contributed by atoms with van der Waals surface area (Å²) in [5, 5.41) is 10.3. The van der Waals surface area contributed by atoms with Crippen LogP contribution < -0.4 is 56.5 Å². The molecule has 0 rings (SSSR count). The fraction of sp³-hybridized carbons (Fsp3) is 0.900. The number of unbranched alkanes of at least 4 members (excludes halogenated alkanes) is 5. The molecule has 0 aliphatic rings. The molecule has 0 aliphatic carbocycles. The molecule has 0 fully saturated rings. The Morgan fingerprint density at radius 2 is 1.71 bits per heavy atom. The van der Waals surface area contributed by atoms with E-state index in [9.17, 15) is 9.90 Å². The molecule has 0 heterocycles. The summed E-state index contributed by atoms with van der Waals surface area (Å²) in [6.07, 6.45) is 8.02. The molecule has 0 aromatic rings. The third-order valence-corrected chi connectivity index (χ3v) is 3.20. The predicted molar refractivity (Wildman–Crippen MR) is 60.8 cm³/mol. The second kappa shape index (κ2) is 12.9. The van der Waals surface area contributed by atoms with E-state index >= 15 is 0 Å². The number of rotatable bonds is 8. The topological polar surface area (TPSA) is 40.1 Å². The van der Waals surface area contributed by atoms with Crippen molar-refractivity contribution in [3.05, 3.63) is 0 Å². The maximum Gasteiger partial charge on any atom is 1.00 e. The summed E-state index contributed by atoms with van der Waals surface area (Å²) in [6, 6.07) is 0. The molecule has 0 saturated heterocycles.